The zero-order chi connectivity index (χ0) is 14.5. The van der Waals surface area contributed by atoms with Crippen LogP contribution in [0.3, 0.4) is 0 Å². The average Bonchev–Trinajstić information content (AvgIpc) is 2.47. The number of benzene rings is 1. The maximum Gasteiger partial charge on any atom is 0.341 e. The number of rotatable bonds is 5. The molecule has 0 aliphatic rings. The largest absolute Gasteiger partial charge is 0.477 e. The van der Waals surface area contributed by atoms with Crippen LogP contribution in [0, 0.1) is 0 Å². The first-order valence-electron chi connectivity index (χ1n) is 6.58. The Morgan fingerprint density at radius 3 is 2.60 bits per heavy atom. The van der Waals surface area contributed by atoms with Gasteiger partial charge in [-0.25, -0.2) is 9.78 Å². The molecule has 1 unspecified atom stereocenters. The number of aromatic nitrogens is 1. The number of carboxylic acid groups (broad SMARTS) is 1. The molecule has 4 nitrogen and oxygen atoms in total. The summed E-state index contributed by atoms with van der Waals surface area (Å²) in [5.41, 5.74) is 1.29. The standard InChI is InChI=1S/C16H17NO3/c1-3-11(2)12-6-8-13(9-7-12)20-15-14(16(18)19)5-4-10-17-15/h4-11H,3H2,1-2H3,(H,18,19). The van der Waals surface area contributed by atoms with Gasteiger partial charge in [-0.1, -0.05) is 26.0 Å². The molecule has 1 aromatic carbocycles. The van der Waals surface area contributed by atoms with Gasteiger partial charge < -0.3 is 9.84 Å². The van der Waals surface area contributed by atoms with E-state index in [1.165, 1.54) is 17.8 Å². The van der Waals surface area contributed by atoms with E-state index >= 15 is 0 Å². The third kappa shape index (κ3) is 3.15. The molecule has 1 aromatic heterocycles. The number of ether oxygens (including phenoxy) is 1. The van der Waals surface area contributed by atoms with Crippen LogP contribution in [0.4, 0.5) is 0 Å². The topological polar surface area (TPSA) is 59.4 Å². The summed E-state index contributed by atoms with van der Waals surface area (Å²) in [5, 5.41) is 9.07. The summed E-state index contributed by atoms with van der Waals surface area (Å²) in [7, 11) is 0. The lowest BCUT2D eigenvalue weighted by Gasteiger charge is -2.11. The van der Waals surface area contributed by atoms with Crippen molar-refractivity contribution in [3.8, 4) is 11.6 Å². The van der Waals surface area contributed by atoms with Crippen LogP contribution in [0.2, 0.25) is 0 Å². The summed E-state index contributed by atoms with van der Waals surface area (Å²) < 4.78 is 5.55. The smallest absolute Gasteiger partial charge is 0.341 e. The van der Waals surface area contributed by atoms with Gasteiger partial charge in [0.2, 0.25) is 5.88 Å². The van der Waals surface area contributed by atoms with E-state index in [1.54, 1.807) is 6.07 Å². The molecule has 0 fully saturated rings. The fraction of sp³-hybridized carbons (Fsp3) is 0.250. The highest BCUT2D eigenvalue weighted by Gasteiger charge is 2.12. The zero-order valence-electron chi connectivity index (χ0n) is 11.5. The van der Waals surface area contributed by atoms with Gasteiger partial charge in [0.1, 0.15) is 11.3 Å². The van der Waals surface area contributed by atoms with Gasteiger partial charge in [0, 0.05) is 6.20 Å². The van der Waals surface area contributed by atoms with E-state index in [4.69, 9.17) is 9.84 Å². The zero-order valence-corrected chi connectivity index (χ0v) is 11.5. The Morgan fingerprint density at radius 2 is 2.00 bits per heavy atom. The molecule has 1 heterocycles. The van der Waals surface area contributed by atoms with Crippen LogP contribution < -0.4 is 4.74 Å². The van der Waals surface area contributed by atoms with Gasteiger partial charge in [-0.2, -0.15) is 0 Å². The van der Waals surface area contributed by atoms with E-state index in [0.717, 1.165) is 6.42 Å². The molecule has 20 heavy (non-hydrogen) atoms. The lowest BCUT2D eigenvalue weighted by molar-refractivity contribution is 0.0693. The second-order valence-corrected chi connectivity index (χ2v) is 4.64. The first kappa shape index (κ1) is 14.1. The van der Waals surface area contributed by atoms with Crippen molar-refractivity contribution in [2.24, 2.45) is 0 Å². The van der Waals surface area contributed by atoms with Crippen LogP contribution in [0.5, 0.6) is 11.6 Å². The minimum atomic E-state index is -1.05. The van der Waals surface area contributed by atoms with Crippen LogP contribution >= 0.6 is 0 Å². The van der Waals surface area contributed by atoms with Crippen molar-refractivity contribution in [3.63, 3.8) is 0 Å². The summed E-state index contributed by atoms with van der Waals surface area (Å²) in [6.45, 7) is 4.30. The number of pyridine rings is 1. The van der Waals surface area contributed by atoms with E-state index in [9.17, 15) is 4.79 Å². The minimum Gasteiger partial charge on any atom is -0.477 e. The number of nitrogens with zero attached hydrogens (tertiary/aromatic N) is 1. The normalized spacial score (nSPS) is 11.9. The number of hydrogen-bond acceptors (Lipinski definition) is 3. The molecule has 2 aromatic rings. The molecule has 0 aliphatic heterocycles. The molecular formula is C16H17NO3. The summed E-state index contributed by atoms with van der Waals surface area (Å²) in [6.07, 6.45) is 2.58. The monoisotopic (exact) mass is 271 g/mol. The van der Waals surface area contributed by atoms with E-state index in [-0.39, 0.29) is 11.4 Å². The number of hydrogen-bond donors (Lipinski definition) is 1. The first-order valence-corrected chi connectivity index (χ1v) is 6.58. The highest BCUT2D eigenvalue weighted by Crippen LogP contribution is 2.26. The summed E-state index contributed by atoms with van der Waals surface area (Å²) in [5.74, 6) is 0.132. The van der Waals surface area contributed by atoms with Gasteiger partial charge in [0.05, 0.1) is 0 Å². The van der Waals surface area contributed by atoms with Gasteiger partial charge in [-0.15, -0.1) is 0 Å². The van der Waals surface area contributed by atoms with Crippen LogP contribution in [0.15, 0.2) is 42.6 Å². The molecule has 0 amide bonds. The van der Waals surface area contributed by atoms with E-state index in [0.29, 0.717) is 11.7 Å². The average molecular weight is 271 g/mol. The number of carboxylic acids is 1. The molecule has 1 N–H and O–H groups in total. The van der Waals surface area contributed by atoms with Crippen molar-refractivity contribution in [1.82, 2.24) is 4.98 Å². The third-order valence-corrected chi connectivity index (χ3v) is 3.28. The molecule has 2 rings (SSSR count). The van der Waals surface area contributed by atoms with Gasteiger partial charge >= 0.3 is 5.97 Å². The lowest BCUT2D eigenvalue weighted by Crippen LogP contribution is -2.01. The van der Waals surface area contributed by atoms with Crippen molar-refractivity contribution in [2.45, 2.75) is 26.2 Å². The molecular weight excluding hydrogens is 254 g/mol. The Labute approximate surface area is 118 Å². The van der Waals surface area contributed by atoms with Gasteiger partial charge in [0.25, 0.3) is 0 Å². The van der Waals surface area contributed by atoms with Crippen molar-refractivity contribution >= 4 is 5.97 Å². The number of carbonyl (C=O) groups is 1. The van der Waals surface area contributed by atoms with Crippen molar-refractivity contribution in [2.75, 3.05) is 0 Å². The fourth-order valence-corrected chi connectivity index (χ4v) is 1.85. The van der Waals surface area contributed by atoms with E-state index in [1.807, 2.05) is 24.3 Å². The lowest BCUT2D eigenvalue weighted by atomic mass is 9.99. The van der Waals surface area contributed by atoms with Crippen LogP contribution in [0.1, 0.15) is 42.1 Å². The SMILES string of the molecule is CCC(C)c1ccc(Oc2ncccc2C(=O)O)cc1. The Balaban J connectivity index is 2.20. The molecule has 0 bridgehead atoms. The second-order valence-electron chi connectivity index (χ2n) is 4.64. The summed E-state index contributed by atoms with van der Waals surface area (Å²) >= 11 is 0. The predicted octanol–water partition coefficient (Wildman–Crippen LogP) is 4.09. The molecule has 0 saturated carbocycles. The van der Waals surface area contributed by atoms with E-state index in [2.05, 4.69) is 18.8 Å². The van der Waals surface area contributed by atoms with Gasteiger partial charge in [0.15, 0.2) is 0 Å². The van der Waals surface area contributed by atoms with Crippen LogP contribution in [0.25, 0.3) is 0 Å². The Hall–Kier alpha value is -2.36. The van der Waals surface area contributed by atoms with Crippen molar-refractivity contribution < 1.29 is 14.6 Å². The Morgan fingerprint density at radius 1 is 1.30 bits per heavy atom. The maximum absolute atomic E-state index is 11.1. The summed E-state index contributed by atoms with van der Waals surface area (Å²) in [4.78, 5) is 15.0. The number of aromatic carboxylic acids is 1. The third-order valence-electron chi connectivity index (χ3n) is 3.28. The molecule has 0 spiro atoms. The van der Waals surface area contributed by atoms with Gasteiger partial charge in [-0.3, -0.25) is 0 Å². The Kier molecular flexibility index (Phi) is 4.35. The minimum absolute atomic E-state index is 0.0542. The van der Waals surface area contributed by atoms with Crippen LogP contribution in [-0.2, 0) is 0 Å². The molecule has 0 aliphatic carbocycles. The summed E-state index contributed by atoms with van der Waals surface area (Å²) in [6, 6.07) is 10.7. The molecule has 0 saturated heterocycles. The first-order chi connectivity index (χ1) is 9.61. The fourth-order valence-electron chi connectivity index (χ4n) is 1.85. The predicted molar refractivity (Wildman–Crippen MR) is 76.4 cm³/mol. The molecule has 4 heteroatoms. The van der Waals surface area contributed by atoms with E-state index < -0.39 is 5.97 Å². The quantitative estimate of drug-likeness (QED) is 0.890. The highest BCUT2D eigenvalue weighted by molar-refractivity contribution is 5.90. The molecule has 1 atom stereocenters. The van der Waals surface area contributed by atoms with Gasteiger partial charge in [-0.05, 0) is 42.2 Å². The van der Waals surface area contributed by atoms with Crippen molar-refractivity contribution in [1.29, 1.82) is 0 Å². The highest BCUT2D eigenvalue weighted by atomic mass is 16.5. The van der Waals surface area contributed by atoms with Crippen molar-refractivity contribution in [3.05, 3.63) is 53.7 Å². The van der Waals surface area contributed by atoms with Crippen LogP contribution in [-0.4, -0.2) is 16.1 Å². The molecule has 104 valence electrons. The second kappa shape index (κ2) is 6.19. The Bertz CT molecular complexity index is 593. The maximum atomic E-state index is 11.1. The molecule has 0 radical (unpaired) electrons.